The van der Waals surface area contributed by atoms with Gasteiger partial charge in [-0.3, -0.25) is 9.59 Å². The van der Waals surface area contributed by atoms with Crippen molar-refractivity contribution in [1.82, 2.24) is 14.8 Å². The van der Waals surface area contributed by atoms with E-state index in [1.165, 1.54) is 46.8 Å². The SMILES string of the molecule is CN1CCC(=O)C(Br)C1.CN1CCC(=O)CC1.[I][V][I].[V].c1ccc(-c2nc3c(s2)CCCC3)cc1. The Morgan fingerprint density at radius 1 is 0.944 bits per heavy atom. The van der Waals surface area contributed by atoms with Crippen molar-refractivity contribution < 1.29 is 37.6 Å². The Hall–Kier alpha value is 1.22. The number of likely N-dealkylation sites (tertiary alicyclic amines) is 2. The number of ketones is 2. The van der Waals surface area contributed by atoms with E-state index in [1.807, 2.05) is 25.4 Å². The van der Waals surface area contributed by atoms with Crippen LogP contribution in [0.2, 0.25) is 0 Å². The van der Waals surface area contributed by atoms with Crippen molar-refractivity contribution in [1.29, 1.82) is 0 Å². The van der Waals surface area contributed by atoms with E-state index in [0.29, 0.717) is 27.5 Å². The fourth-order valence-corrected chi connectivity index (χ4v) is 5.73. The maximum atomic E-state index is 10.9. The molecule has 0 saturated carbocycles. The van der Waals surface area contributed by atoms with Gasteiger partial charge in [0.1, 0.15) is 16.6 Å². The van der Waals surface area contributed by atoms with Gasteiger partial charge in [0.05, 0.1) is 10.5 Å². The van der Waals surface area contributed by atoms with E-state index in [-0.39, 0.29) is 23.4 Å². The maximum Gasteiger partial charge on any atom is 0.123 e. The molecule has 198 valence electrons. The van der Waals surface area contributed by atoms with Crippen LogP contribution in [0.15, 0.2) is 30.3 Å². The summed E-state index contributed by atoms with van der Waals surface area (Å²) in [5.41, 5.74) is 2.61. The number of halogens is 3. The molecule has 0 bridgehead atoms. The summed E-state index contributed by atoms with van der Waals surface area (Å²) in [6.07, 6.45) is 7.28. The van der Waals surface area contributed by atoms with Crippen LogP contribution in [0.25, 0.3) is 10.6 Å². The van der Waals surface area contributed by atoms with Gasteiger partial charge in [0.25, 0.3) is 0 Å². The molecule has 1 aliphatic carbocycles. The zero-order valence-electron chi connectivity index (χ0n) is 20.8. The van der Waals surface area contributed by atoms with E-state index in [1.54, 1.807) is 0 Å². The van der Waals surface area contributed by atoms with Gasteiger partial charge >= 0.3 is 49.4 Å². The zero-order valence-corrected chi connectivity index (χ0v) is 30.3. The van der Waals surface area contributed by atoms with Crippen LogP contribution in [0.5, 0.6) is 0 Å². The van der Waals surface area contributed by atoms with Crippen molar-refractivity contribution in [3.05, 3.63) is 40.9 Å². The number of fused-ring (bicyclic) bond motifs is 1. The molecule has 0 amide bonds. The monoisotopic (exact) mass is 875 g/mol. The summed E-state index contributed by atoms with van der Waals surface area (Å²) in [7, 11) is 4.70. The molecular weight excluding hydrogens is 842 g/mol. The minimum absolute atomic E-state index is 0. The first-order chi connectivity index (χ1) is 16.8. The Bertz CT molecular complexity index is 890. The minimum Gasteiger partial charge on any atom is -0.241 e. The van der Waals surface area contributed by atoms with Gasteiger partial charge in [0.2, 0.25) is 0 Å². The summed E-state index contributed by atoms with van der Waals surface area (Å²) in [5.74, 6) is 0.760. The van der Waals surface area contributed by atoms with Gasteiger partial charge in [-0.2, -0.15) is 0 Å². The Morgan fingerprint density at radius 2 is 1.53 bits per heavy atom. The van der Waals surface area contributed by atoms with E-state index in [4.69, 9.17) is 4.98 Å². The first-order valence-corrected chi connectivity index (χ1v) is 22.6. The molecule has 5 nitrogen and oxygen atoms in total. The Balaban J connectivity index is 0.000000268. The van der Waals surface area contributed by atoms with E-state index in [9.17, 15) is 9.59 Å². The summed E-state index contributed by atoms with van der Waals surface area (Å²) >= 11 is 9.92. The number of aromatic nitrogens is 1. The minimum atomic E-state index is 0. The number of Topliss-reactive ketones (excluding diaryl/α,β-unsaturated/α-hetero) is 2. The molecule has 0 spiro atoms. The van der Waals surface area contributed by atoms with Gasteiger partial charge in [0, 0.05) is 74.4 Å². The predicted molar refractivity (Wildman–Crippen MR) is 164 cm³/mol. The molecule has 2 fully saturated rings. The van der Waals surface area contributed by atoms with Crippen LogP contribution in [-0.2, 0) is 50.5 Å². The largest absolute Gasteiger partial charge is 0.241 e. The molecule has 2 saturated heterocycles. The molecular formula is C25H34BrI2N3O2SV2. The molecule has 1 aromatic carbocycles. The Kier molecular flexibility index (Phi) is 19.7. The quantitative estimate of drug-likeness (QED) is 0.246. The zero-order chi connectivity index (χ0) is 25.6. The molecule has 1 unspecified atom stereocenters. The van der Waals surface area contributed by atoms with Gasteiger partial charge < -0.3 is 9.80 Å². The van der Waals surface area contributed by atoms with Crippen LogP contribution in [0.3, 0.4) is 0 Å². The first kappa shape index (κ1) is 35.2. The summed E-state index contributed by atoms with van der Waals surface area (Å²) in [6, 6.07) is 10.5. The topological polar surface area (TPSA) is 53.5 Å². The molecule has 11 heteroatoms. The average molecular weight is 876 g/mol. The van der Waals surface area contributed by atoms with E-state index < -0.39 is 0 Å². The van der Waals surface area contributed by atoms with Crippen molar-refractivity contribution in [3.8, 4) is 10.6 Å². The number of nitrogens with zero attached hydrogens (tertiary/aromatic N) is 3. The number of rotatable bonds is 1. The smallest absolute Gasteiger partial charge is 0.123 e. The van der Waals surface area contributed by atoms with Gasteiger partial charge in [-0.15, -0.1) is 11.3 Å². The van der Waals surface area contributed by atoms with E-state index in [0.717, 1.165) is 39.0 Å². The Morgan fingerprint density at radius 3 is 2.06 bits per heavy atom. The number of benzene rings is 1. The normalized spacial score (nSPS) is 19.6. The molecule has 5 rings (SSSR count). The van der Waals surface area contributed by atoms with Gasteiger partial charge in [-0.25, -0.2) is 4.98 Å². The van der Waals surface area contributed by atoms with Crippen LogP contribution in [-0.4, -0.2) is 71.5 Å². The fourth-order valence-electron chi connectivity index (χ4n) is 3.85. The third-order valence-electron chi connectivity index (χ3n) is 5.97. The summed E-state index contributed by atoms with van der Waals surface area (Å²) in [4.78, 5) is 32.1. The average Bonchev–Trinajstić information content (AvgIpc) is 3.30. The molecule has 2 aromatic rings. The number of aryl methyl sites for hydroxylation is 2. The van der Waals surface area contributed by atoms with Gasteiger partial charge in [-0.1, -0.05) is 46.3 Å². The van der Waals surface area contributed by atoms with Crippen LogP contribution < -0.4 is 0 Å². The third kappa shape index (κ3) is 13.5. The van der Waals surface area contributed by atoms with Crippen molar-refractivity contribution >= 4 is 78.8 Å². The number of hydrogen-bond donors (Lipinski definition) is 0. The molecule has 3 heterocycles. The standard InChI is InChI=1S/C13H13NS.C6H10BrNO.C6H11NO.2HI.2V/c1-2-6-10(7-3-1)13-14-11-8-4-5-9-12(11)15-13;1-8-3-2-6(9)5(7)4-8;1-7-4-2-6(8)3-5-7;;;;/h1-3,6-7H,4-5,8-9H2;5H,2-4H2,1H3;2-5H2,1H3;2*1H;;/q;;;;;;+2/p-2. The van der Waals surface area contributed by atoms with Gasteiger partial charge in [0.15, 0.2) is 0 Å². The second-order valence-corrected chi connectivity index (χ2v) is 22.8. The molecule has 1 atom stereocenters. The first-order valence-electron chi connectivity index (χ1n) is 11.9. The number of piperidine rings is 2. The van der Waals surface area contributed by atoms with Gasteiger partial charge in [-0.05, 0) is 39.8 Å². The van der Waals surface area contributed by atoms with Crippen molar-refractivity contribution in [3.63, 3.8) is 0 Å². The van der Waals surface area contributed by atoms with E-state index >= 15 is 0 Å². The van der Waals surface area contributed by atoms with Crippen molar-refractivity contribution in [2.75, 3.05) is 40.3 Å². The molecule has 0 N–H and O–H groups in total. The molecule has 1 aromatic heterocycles. The maximum absolute atomic E-state index is 10.9. The number of thiazole rings is 1. The van der Waals surface area contributed by atoms with Crippen LogP contribution in [0, 0.1) is 0 Å². The number of hydrogen-bond acceptors (Lipinski definition) is 6. The number of carbonyl (C=O) groups excluding carboxylic acids is 2. The number of carbonyl (C=O) groups is 2. The molecule has 36 heavy (non-hydrogen) atoms. The van der Waals surface area contributed by atoms with Crippen molar-refractivity contribution in [2.45, 2.75) is 49.8 Å². The van der Waals surface area contributed by atoms with Crippen LogP contribution >= 0.6 is 67.2 Å². The molecule has 1 radical (unpaired) electrons. The second-order valence-electron chi connectivity index (χ2n) is 8.81. The summed E-state index contributed by atoms with van der Waals surface area (Å²) < 4.78 is 0. The Labute approximate surface area is 269 Å². The van der Waals surface area contributed by atoms with Crippen molar-refractivity contribution in [2.24, 2.45) is 0 Å². The second kappa shape index (κ2) is 20.1. The third-order valence-corrected chi connectivity index (χ3v) is 7.98. The fraction of sp³-hybridized carbons (Fsp3) is 0.560. The van der Waals surface area contributed by atoms with Crippen LogP contribution in [0.1, 0.15) is 42.7 Å². The predicted octanol–water partition coefficient (Wildman–Crippen LogP) is 6.39. The summed E-state index contributed by atoms with van der Waals surface area (Å²) in [6.45, 7) is 3.69. The number of alkyl halides is 1. The van der Waals surface area contributed by atoms with E-state index in [2.05, 4.69) is 96.0 Å². The molecule has 2 aliphatic heterocycles. The van der Waals surface area contributed by atoms with Crippen LogP contribution in [0.4, 0.5) is 0 Å². The summed E-state index contributed by atoms with van der Waals surface area (Å²) in [5, 5.41) is 1.20. The molecule has 3 aliphatic rings.